The van der Waals surface area contributed by atoms with E-state index in [4.69, 9.17) is 4.74 Å². The Kier molecular flexibility index (Phi) is 7.43. The Bertz CT molecular complexity index is 1090. The first-order valence-electron chi connectivity index (χ1n) is 11.9. The molecule has 0 bridgehead atoms. The summed E-state index contributed by atoms with van der Waals surface area (Å²) in [6.07, 6.45) is 5.11. The molecule has 1 N–H and O–H groups in total. The van der Waals surface area contributed by atoms with Gasteiger partial charge in [0, 0.05) is 24.5 Å². The number of carbonyl (C=O) groups is 4. The first-order chi connectivity index (χ1) is 16.9. The summed E-state index contributed by atoms with van der Waals surface area (Å²) in [6.45, 7) is 2.30. The minimum absolute atomic E-state index is 0.00510. The van der Waals surface area contributed by atoms with Crippen LogP contribution in [0.2, 0.25) is 0 Å². The second kappa shape index (κ2) is 10.7. The number of nitrogens with zero attached hydrogens (tertiary/aromatic N) is 3. The van der Waals surface area contributed by atoms with Gasteiger partial charge in [0.05, 0.1) is 26.1 Å². The number of hydrogen-bond donors (Lipinski definition) is 1. The normalized spacial score (nSPS) is 19.9. The van der Waals surface area contributed by atoms with E-state index >= 15 is 0 Å². The maximum absolute atomic E-state index is 13.5. The summed E-state index contributed by atoms with van der Waals surface area (Å²) in [7, 11) is 1.55. The van der Waals surface area contributed by atoms with Gasteiger partial charge in [-0.3, -0.25) is 24.2 Å². The number of ketones is 1. The Morgan fingerprint density at radius 2 is 1.94 bits per heavy atom. The number of amides is 3. The van der Waals surface area contributed by atoms with Gasteiger partial charge in [0.1, 0.15) is 17.8 Å². The minimum Gasteiger partial charge on any atom is -0.497 e. The Morgan fingerprint density at radius 3 is 2.60 bits per heavy atom. The number of nitrogens with one attached hydrogen (secondary N) is 1. The number of ether oxygens (including phenoxy) is 1. The summed E-state index contributed by atoms with van der Waals surface area (Å²) in [5.41, 5.74) is 1.20. The maximum atomic E-state index is 13.5. The molecule has 1 aromatic carbocycles. The van der Waals surface area contributed by atoms with Crippen LogP contribution >= 0.6 is 0 Å². The summed E-state index contributed by atoms with van der Waals surface area (Å²) >= 11 is 0. The van der Waals surface area contributed by atoms with E-state index in [-0.39, 0.29) is 42.5 Å². The average molecular weight is 479 g/mol. The van der Waals surface area contributed by atoms with Crippen LogP contribution in [-0.4, -0.2) is 76.6 Å². The number of methoxy groups -OCH3 is 1. The van der Waals surface area contributed by atoms with Crippen LogP contribution < -0.4 is 10.1 Å². The largest absolute Gasteiger partial charge is 0.497 e. The first-order valence-corrected chi connectivity index (χ1v) is 11.9. The standard InChI is InChI=1S/C26H30N4O5/c1-3-5-20(28-25(33)18-7-9-19(35-2)10-8-18)26(34)29-13-11-21-24(29)22(31)16-30(21)23(32)14-17-6-4-12-27-15-17/h4,6-10,12,15,20-21,24H,3,5,11,13-14,16H2,1-2H3,(H,28,33). The van der Waals surface area contributed by atoms with Crippen molar-refractivity contribution in [2.75, 3.05) is 20.2 Å². The molecule has 1 aromatic heterocycles. The first kappa shape index (κ1) is 24.4. The number of fused-ring (bicyclic) bond motifs is 1. The molecule has 2 aromatic rings. The van der Waals surface area contributed by atoms with Crippen molar-refractivity contribution in [3.05, 3.63) is 59.9 Å². The van der Waals surface area contributed by atoms with Gasteiger partial charge in [0.15, 0.2) is 5.78 Å². The predicted octanol–water partition coefficient (Wildman–Crippen LogP) is 1.61. The highest BCUT2D eigenvalue weighted by atomic mass is 16.5. The smallest absolute Gasteiger partial charge is 0.251 e. The molecule has 35 heavy (non-hydrogen) atoms. The Hall–Kier alpha value is -3.75. The topological polar surface area (TPSA) is 109 Å². The number of benzene rings is 1. The van der Waals surface area contributed by atoms with E-state index in [0.717, 1.165) is 5.56 Å². The lowest BCUT2D eigenvalue weighted by atomic mass is 10.1. The van der Waals surface area contributed by atoms with Gasteiger partial charge in [0.25, 0.3) is 5.91 Å². The molecule has 3 atom stereocenters. The molecule has 0 saturated carbocycles. The van der Waals surface area contributed by atoms with E-state index in [1.54, 1.807) is 59.6 Å². The molecule has 184 valence electrons. The van der Waals surface area contributed by atoms with Crippen LogP contribution in [0.4, 0.5) is 0 Å². The molecule has 2 fully saturated rings. The highest BCUT2D eigenvalue weighted by molar-refractivity contribution is 6.01. The third-order valence-electron chi connectivity index (χ3n) is 6.64. The van der Waals surface area contributed by atoms with Crippen LogP contribution in [0.1, 0.15) is 42.1 Å². The number of likely N-dealkylation sites (tertiary alicyclic amines) is 2. The third-order valence-corrected chi connectivity index (χ3v) is 6.64. The van der Waals surface area contributed by atoms with Crippen molar-refractivity contribution < 1.29 is 23.9 Å². The molecule has 3 unspecified atom stereocenters. The molecule has 9 heteroatoms. The fraction of sp³-hybridized carbons (Fsp3) is 0.423. The van der Waals surface area contributed by atoms with Crippen molar-refractivity contribution in [1.29, 1.82) is 0 Å². The minimum atomic E-state index is -0.749. The lowest BCUT2D eigenvalue weighted by Gasteiger charge is -2.28. The predicted molar refractivity (Wildman–Crippen MR) is 128 cm³/mol. The Morgan fingerprint density at radius 1 is 1.17 bits per heavy atom. The second-order valence-electron chi connectivity index (χ2n) is 8.90. The van der Waals surface area contributed by atoms with E-state index in [1.165, 1.54) is 0 Å². The number of hydrogen-bond acceptors (Lipinski definition) is 6. The summed E-state index contributed by atoms with van der Waals surface area (Å²) in [5.74, 6) is -0.297. The summed E-state index contributed by atoms with van der Waals surface area (Å²) < 4.78 is 5.13. The lowest BCUT2D eigenvalue weighted by molar-refractivity contribution is -0.138. The summed E-state index contributed by atoms with van der Waals surface area (Å²) in [5, 5.41) is 2.84. The van der Waals surface area contributed by atoms with Crippen LogP contribution in [0.15, 0.2) is 48.8 Å². The van der Waals surface area contributed by atoms with E-state index < -0.39 is 12.1 Å². The zero-order valence-electron chi connectivity index (χ0n) is 20.0. The van der Waals surface area contributed by atoms with Gasteiger partial charge in [-0.25, -0.2) is 0 Å². The van der Waals surface area contributed by atoms with Crippen LogP contribution in [0.5, 0.6) is 5.75 Å². The van der Waals surface area contributed by atoms with Crippen molar-refractivity contribution >= 4 is 23.5 Å². The maximum Gasteiger partial charge on any atom is 0.251 e. The number of aromatic nitrogens is 1. The molecule has 0 radical (unpaired) electrons. The molecule has 2 aliphatic rings. The van der Waals surface area contributed by atoms with Crippen molar-refractivity contribution in [3.63, 3.8) is 0 Å². The van der Waals surface area contributed by atoms with Crippen molar-refractivity contribution in [1.82, 2.24) is 20.1 Å². The van der Waals surface area contributed by atoms with E-state index in [1.807, 2.05) is 13.0 Å². The highest BCUT2D eigenvalue weighted by Gasteiger charge is 2.52. The summed E-state index contributed by atoms with van der Waals surface area (Å²) in [4.78, 5) is 59.3. The molecule has 3 heterocycles. The number of rotatable bonds is 8. The lowest BCUT2D eigenvalue weighted by Crippen LogP contribution is -2.52. The number of Topliss-reactive ketones (excluding diaryl/α,β-unsaturated/α-hetero) is 1. The van der Waals surface area contributed by atoms with Gasteiger partial charge < -0.3 is 19.9 Å². The van der Waals surface area contributed by atoms with Crippen molar-refractivity contribution in [2.24, 2.45) is 0 Å². The number of pyridine rings is 1. The zero-order chi connectivity index (χ0) is 24.9. The molecule has 2 aliphatic heterocycles. The zero-order valence-corrected chi connectivity index (χ0v) is 20.0. The fourth-order valence-electron chi connectivity index (χ4n) is 4.90. The SMILES string of the molecule is CCCC(NC(=O)c1ccc(OC)cc1)C(=O)N1CCC2C1C(=O)CN2C(=O)Cc1cccnc1. The van der Waals surface area contributed by atoms with Crippen LogP contribution in [0.3, 0.4) is 0 Å². The molecule has 0 spiro atoms. The van der Waals surface area contributed by atoms with Crippen LogP contribution in [0.25, 0.3) is 0 Å². The monoisotopic (exact) mass is 478 g/mol. The molecule has 4 rings (SSSR count). The Labute approximate surface area is 204 Å². The van der Waals surface area contributed by atoms with E-state index in [2.05, 4.69) is 10.3 Å². The van der Waals surface area contributed by atoms with Crippen LogP contribution in [-0.2, 0) is 20.8 Å². The van der Waals surface area contributed by atoms with E-state index in [9.17, 15) is 19.2 Å². The van der Waals surface area contributed by atoms with Crippen molar-refractivity contribution in [2.45, 2.75) is 50.7 Å². The van der Waals surface area contributed by atoms with Gasteiger partial charge in [0.2, 0.25) is 11.8 Å². The van der Waals surface area contributed by atoms with Gasteiger partial charge in [-0.1, -0.05) is 19.4 Å². The van der Waals surface area contributed by atoms with Gasteiger partial charge in [-0.05, 0) is 48.7 Å². The number of carbonyl (C=O) groups excluding carboxylic acids is 4. The Balaban J connectivity index is 1.44. The summed E-state index contributed by atoms with van der Waals surface area (Å²) in [6, 6.07) is 8.49. The quantitative estimate of drug-likeness (QED) is 0.618. The molecule has 0 aliphatic carbocycles. The second-order valence-corrected chi connectivity index (χ2v) is 8.90. The molecule has 3 amide bonds. The average Bonchev–Trinajstić information content (AvgIpc) is 3.45. The molecular formula is C26H30N4O5. The fourth-order valence-corrected chi connectivity index (χ4v) is 4.90. The molecule has 2 saturated heterocycles. The van der Waals surface area contributed by atoms with Gasteiger partial charge >= 0.3 is 0 Å². The van der Waals surface area contributed by atoms with Gasteiger partial charge in [-0.15, -0.1) is 0 Å². The molecular weight excluding hydrogens is 448 g/mol. The van der Waals surface area contributed by atoms with Crippen molar-refractivity contribution in [3.8, 4) is 5.75 Å². The third kappa shape index (κ3) is 5.18. The van der Waals surface area contributed by atoms with E-state index in [0.29, 0.717) is 37.1 Å². The highest BCUT2D eigenvalue weighted by Crippen LogP contribution is 2.31. The van der Waals surface area contributed by atoms with Gasteiger partial charge in [-0.2, -0.15) is 0 Å². The van der Waals surface area contributed by atoms with Crippen LogP contribution in [0, 0.1) is 0 Å². The molecule has 9 nitrogen and oxygen atoms in total.